The summed E-state index contributed by atoms with van der Waals surface area (Å²) >= 11 is 1.16. The number of fused-ring (bicyclic) bond motifs is 1. The van der Waals surface area contributed by atoms with Gasteiger partial charge in [-0.15, -0.1) is 0 Å². The van der Waals surface area contributed by atoms with E-state index in [0.717, 1.165) is 17.5 Å². The fourth-order valence-corrected chi connectivity index (χ4v) is 3.95. The van der Waals surface area contributed by atoms with Crippen LogP contribution in [0.15, 0.2) is 63.1 Å². The van der Waals surface area contributed by atoms with Gasteiger partial charge in [-0.05, 0) is 49.4 Å². The Labute approximate surface area is 186 Å². The lowest BCUT2D eigenvalue weighted by Gasteiger charge is -2.11. The third-order valence-corrected chi connectivity index (χ3v) is 5.63. The van der Waals surface area contributed by atoms with Crippen LogP contribution in [0.3, 0.4) is 0 Å². The van der Waals surface area contributed by atoms with E-state index in [1.807, 2.05) is 6.92 Å². The molecule has 2 N–H and O–H groups in total. The molecular formula is C22H20N4O5S. The van der Waals surface area contributed by atoms with Crippen LogP contribution in [0.2, 0.25) is 0 Å². The molecule has 0 saturated heterocycles. The number of nitrogens with zero attached hydrogens (tertiary/aromatic N) is 2. The summed E-state index contributed by atoms with van der Waals surface area (Å²) in [6.07, 6.45) is 1.54. The summed E-state index contributed by atoms with van der Waals surface area (Å²) < 4.78 is 11.5. The number of esters is 1. The fraction of sp³-hybridized carbons (Fsp3) is 0.182. The molecule has 0 fully saturated rings. The van der Waals surface area contributed by atoms with Crippen molar-refractivity contribution in [3.8, 4) is 0 Å². The maximum absolute atomic E-state index is 13.0. The van der Waals surface area contributed by atoms with Crippen molar-refractivity contribution in [2.45, 2.75) is 18.6 Å². The van der Waals surface area contributed by atoms with E-state index in [9.17, 15) is 14.4 Å². The van der Waals surface area contributed by atoms with Crippen molar-refractivity contribution < 1.29 is 18.7 Å². The third-order valence-electron chi connectivity index (χ3n) is 4.65. The van der Waals surface area contributed by atoms with Gasteiger partial charge in [0.25, 0.3) is 5.56 Å². The number of aryl methyl sites for hydroxylation is 1. The Morgan fingerprint density at radius 1 is 1.25 bits per heavy atom. The number of nitrogens with one attached hydrogen (secondary N) is 2. The van der Waals surface area contributed by atoms with E-state index < -0.39 is 5.97 Å². The second-order valence-electron chi connectivity index (χ2n) is 6.98. The lowest BCUT2D eigenvalue weighted by atomic mass is 10.2. The molecule has 164 valence electrons. The van der Waals surface area contributed by atoms with Gasteiger partial charge in [0.05, 0.1) is 36.8 Å². The van der Waals surface area contributed by atoms with Crippen LogP contribution in [-0.4, -0.2) is 39.3 Å². The van der Waals surface area contributed by atoms with Gasteiger partial charge in [-0.25, -0.2) is 9.78 Å². The second-order valence-corrected chi connectivity index (χ2v) is 7.93. The normalized spacial score (nSPS) is 10.9. The Balaban J connectivity index is 1.52. The molecule has 3 aromatic heterocycles. The number of H-pyrrole nitrogens is 1. The zero-order valence-electron chi connectivity index (χ0n) is 17.4. The monoisotopic (exact) mass is 452 g/mol. The standard InChI is InChI=1S/C22H20N4O5S/c1-13-10-17-19(23-13)20(28)26(11-16-4-3-9-31-16)22(25-17)32-12-18(27)24-15-7-5-14(6-8-15)21(29)30-2/h3-10,23H,11-12H2,1-2H3,(H,24,27). The first-order valence-corrected chi connectivity index (χ1v) is 10.7. The molecule has 0 aliphatic heterocycles. The van der Waals surface area contributed by atoms with Gasteiger partial charge in [-0.1, -0.05) is 11.8 Å². The van der Waals surface area contributed by atoms with Gasteiger partial charge in [0, 0.05) is 11.4 Å². The van der Waals surface area contributed by atoms with Gasteiger partial charge in [-0.3, -0.25) is 14.2 Å². The van der Waals surface area contributed by atoms with Crippen LogP contribution in [-0.2, 0) is 16.1 Å². The number of benzene rings is 1. The molecule has 0 atom stereocenters. The number of carbonyl (C=O) groups is 2. The van der Waals surface area contributed by atoms with E-state index >= 15 is 0 Å². The minimum absolute atomic E-state index is 0.0399. The zero-order valence-corrected chi connectivity index (χ0v) is 18.2. The SMILES string of the molecule is COC(=O)c1ccc(NC(=O)CSc2nc3cc(C)[nH]c3c(=O)n2Cc2ccco2)cc1. The highest BCUT2D eigenvalue weighted by Crippen LogP contribution is 2.20. The fourth-order valence-electron chi connectivity index (χ4n) is 3.15. The van der Waals surface area contributed by atoms with Crippen LogP contribution in [0, 0.1) is 6.92 Å². The van der Waals surface area contributed by atoms with Crippen molar-refractivity contribution in [1.29, 1.82) is 0 Å². The highest BCUT2D eigenvalue weighted by molar-refractivity contribution is 7.99. The topological polar surface area (TPSA) is 119 Å². The van der Waals surface area contributed by atoms with Crippen LogP contribution >= 0.6 is 11.8 Å². The van der Waals surface area contributed by atoms with Crippen molar-refractivity contribution in [2.24, 2.45) is 0 Å². The van der Waals surface area contributed by atoms with E-state index in [4.69, 9.17) is 4.42 Å². The van der Waals surface area contributed by atoms with E-state index in [0.29, 0.717) is 33.2 Å². The highest BCUT2D eigenvalue weighted by atomic mass is 32.2. The average molecular weight is 452 g/mol. The summed E-state index contributed by atoms with van der Waals surface area (Å²) in [6.45, 7) is 2.05. The molecule has 0 saturated carbocycles. The Hall–Kier alpha value is -3.79. The van der Waals surface area contributed by atoms with Crippen molar-refractivity contribution >= 4 is 40.4 Å². The van der Waals surface area contributed by atoms with Crippen LogP contribution in [0.4, 0.5) is 5.69 Å². The summed E-state index contributed by atoms with van der Waals surface area (Å²) in [4.78, 5) is 44.6. The number of ether oxygens (including phenoxy) is 1. The molecule has 4 rings (SSSR count). The number of aromatic amines is 1. The molecule has 1 amide bonds. The zero-order chi connectivity index (χ0) is 22.7. The number of anilines is 1. The van der Waals surface area contributed by atoms with E-state index in [1.165, 1.54) is 17.9 Å². The molecule has 0 spiro atoms. The molecule has 10 heteroatoms. The maximum atomic E-state index is 13.0. The summed E-state index contributed by atoms with van der Waals surface area (Å²) in [5.74, 6) is -0.0777. The molecule has 1 aromatic carbocycles. The summed E-state index contributed by atoms with van der Waals surface area (Å²) in [5, 5.41) is 3.18. The van der Waals surface area contributed by atoms with Gasteiger partial charge in [0.1, 0.15) is 11.3 Å². The largest absolute Gasteiger partial charge is 0.467 e. The summed E-state index contributed by atoms with van der Waals surface area (Å²) in [5.41, 5.74) is 2.48. The average Bonchev–Trinajstić information content (AvgIpc) is 3.43. The summed E-state index contributed by atoms with van der Waals surface area (Å²) in [6, 6.07) is 11.7. The van der Waals surface area contributed by atoms with Gasteiger partial charge in [0.2, 0.25) is 5.91 Å². The van der Waals surface area contributed by atoms with E-state index in [2.05, 4.69) is 20.0 Å². The molecule has 9 nitrogen and oxygen atoms in total. The minimum atomic E-state index is -0.450. The van der Waals surface area contributed by atoms with Crippen molar-refractivity contribution in [1.82, 2.24) is 14.5 Å². The molecule has 0 radical (unpaired) electrons. The minimum Gasteiger partial charge on any atom is -0.467 e. The first-order valence-electron chi connectivity index (χ1n) is 9.68. The van der Waals surface area contributed by atoms with Gasteiger partial charge >= 0.3 is 5.97 Å². The van der Waals surface area contributed by atoms with E-state index in [1.54, 1.807) is 42.5 Å². The molecule has 4 aromatic rings. The number of hydrogen-bond acceptors (Lipinski definition) is 7. The molecule has 0 aliphatic carbocycles. The number of hydrogen-bond donors (Lipinski definition) is 2. The van der Waals surface area contributed by atoms with Crippen molar-refractivity contribution in [3.05, 3.63) is 76.1 Å². The summed E-state index contributed by atoms with van der Waals surface area (Å²) in [7, 11) is 1.31. The Morgan fingerprint density at radius 2 is 2.03 bits per heavy atom. The number of aromatic nitrogens is 3. The highest BCUT2D eigenvalue weighted by Gasteiger charge is 2.16. The number of thioether (sulfide) groups is 1. The molecule has 3 heterocycles. The predicted molar refractivity (Wildman–Crippen MR) is 120 cm³/mol. The molecule has 32 heavy (non-hydrogen) atoms. The Kier molecular flexibility index (Phi) is 6.13. The molecule has 0 unspecified atom stereocenters. The third kappa shape index (κ3) is 4.59. The van der Waals surface area contributed by atoms with Crippen LogP contribution in [0.1, 0.15) is 21.8 Å². The lowest BCUT2D eigenvalue weighted by Crippen LogP contribution is -2.24. The lowest BCUT2D eigenvalue weighted by molar-refractivity contribution is -0.113. The maximum Gasteiger partial charge on any atom is 0.337 e. The Bertz CT molecular complexity index is 1320. The first-order chi connectivity index (χ1) is 15.4. The number of methoxy groups -OCH3 is 1. The number of carbonyl (C=O) groups excluding carboxylic acids is 2. The van der Waals surface area contributed by atoms with Crippen molar-refractivity contribution in [3.63, 3.8) is 0 Å². The first kappa shape index (κ1) is 21.4. The smallest absolute Gasteiger partial charge is 0.337 e. The quantitative estimate of drug-likeness (QED) is 0.251. The van der Waals surface area contributed by atoms with Gasteiger partial charge in [-0.2, -0.15) is 0 Å². The molecule has 0 aliphatic rings. The predicted octanol–water partition coefficient (Wildman–Crippen LogP) is 3.19. The van der Waals surface area contributed by atoms with Crippen LogP contribution < -0.4 is 10.9 Å². The molecule has 0 bridgehead atoms. The van der Waals surface area contributed by atoms with Crippen LogP contribution in [0.25, 0.3) is 11.0 Å². The van der Waals surface area contributed by atoms with E-state index in [-0.39, 0.29) is 23.8 Å². The van der Waals surface area contributed by atoms with Gasteiger partial charge in [0.15, 0.2) is 5.16 Å². The van der Waals surface area contributed by atoms with Crippen LogP contribution in [0.5, 0.6) is 0 Å². The number of rotatable bonds is 7. The second kappa shape index (κ2) is 9.15. The number of furan rings is 1. The van der Waals surface area contributed by atoms with Crippen molar-refractivity contribution in [2.75, 3.05) is 18.2 Å². The molecular weight excluding hydrogens is 432 g/mol. The van der Waals surface area contributed by atoms with Gasteiger partial charge < -0.3 is 19.5 Å². The Morgan fingerprint density at radius 3 is 2.72 bits per heavy atom. The number of amides is 1.